The van der Waals surface area contributed by atoms with Crippen molar-refractivity contribution in [2.24, 2.45) is 0 Å². The van der Waals surface area contributed by atoms with E-state index < -0.39 is 0 Å². The first-order chi connectivity index (χ1) is 9.74. The summed E-state index contributed by atoms with van der Waals surface area (Å²) in [6.45, 7) is 0.399. The Bertz CT molecular complexity index is 599. The molecule has 1 aromatic carbocycles. The van der Waals surface area contributed by atoms with Gasteiger partial charge in [0.05, 0.1) is 19.8 Å². The van der Waals surface area contributed by atoms with E-state index in [1.807, 2.05) is 12.1 Å². The van der Waals surface area contributed by atoms with Gasteiger partial charge < -0.3 is 14.8 Å². The molecule has 2 aromatic rings. The molecule has 0 spiro atoms. The predicted octanol–water partition coefficient (Wildman–Crippen LogP) is 2.03. The van der Waals surface area contributed by atoms with E-state index in [0.29, 0.717) is 23.7 Å². The highest BCUT2D eigenvalue weighted by Gasteiger charge is 2.10. The maximum Gasteiger partial charge on any atom is 0.255 e. The molecule has 0 unspecified atom stereocenters. The van der Waals surface area contributed by atoms with Gasteiger partial charge in [0, 0.05) is 18.8 Å². The van der Waals surface area contributed by atoms with E-state index in [4.69, 9.17) is 9.47 Å². The fourth-order valence-corrected chi connectivity index (χ4v) is 1.78. The number of rotatable bonds is 5. The molecule has 1 heterocycles. The minimum Gasteiger partial charge on any atom is -0.496 e. The van der Waals surface area contributed by atoms with Gasteiger partial charge in [-0.2, -0.15) is 0 Å². The van der Waals surface area contributed by atoms with Crippen LogP contribution in [0.4, 0.5) is 0 Å². The third kappa shape index (κ3) is 3.26. The monoisotopic (exact) mass is 272 g/mol. The molecule has 0 saturated heterocycles. The van der Waals surface area contributed by atoms with Crippen molar-refractivity contribution in [3.05, 3.63) is 53.7 Å². The number of para-hydroxylation sites is 1. The van der Waals surface area contributed by atoms with Crippen molar-refractivity contribution in [3.63, 3.8) is 0 Å². The number of nitrogens with zero attached hydrogens (tertiary/aromatic N) is 1. The minimum atomic E-state index is -0.182. The van der Waals surface area contributed by atoms with Gasteiger partial charge in [-0.1, -0.05) is 12.1 Å². The molecule has 5 heteroatoms. The average Bonchev–Trinajstić information content (AvgIpc) is 2.52. The van der Waals surface area contributed by atoms with Gasteiger partial charge in [-0.05, 0) is 23.8 Å². The van der Waals surface area contributed by atoms with Crippen molar-refractivity contribution in [2.75, 3.05) is 14.2 Å². The van der Waals surface area contributed by atoms with Crippen LogP contribution in [0, 0.1) is 0 Å². The summed E-state index contributed by atoms with van der Waals surface area (Å²) in [4.78, 5) is 16.1. The van der Waals surface area contributed by atoms with Crippen LogP contribution in [0.5, 0.6) is 11.6 Å². The van der Waals surface area contributed by atoms with Crippen molar-refractivity contribution in [1.82, 2.24) is 10.3 Å². The second-order valence-electron chi connectivity index (χ2n) is 4.09. The summed E-state index contributed by atoms with van der Waals surface area (Å²) in [6, 6.07) is 10.7. The van der Waals surface area contributed by atoms with Gasteiger partial charge in [-0.15, -0.1) is 0 Å². The summed E-state index contributed by atoms with van der Waals surface area (Å²) in [6.07, 6.45) is 1.64. The fraction of sp³-hybridized carbons (Fsp3) is 0.200. The van der Waals surface area contributed by atoms with Crippen LogP contribution in [0.3, 0.4) is 0 Å². The van der Waals surface area contributed by atoms with Crippen molar-refractivity contribution in [2.45, 2.75) is 6.54 Å². The molecule has 0 atom stereocenters. The Morgan fingerprint density at radius 2 is 2.00 bits per heavy atom. The van der Waals surface area contributed by atoms with E-state index in [9.17, 15) is 4.79 Å². The molecule has 0 aliphatic rings. The Balaban J connectivity index is 2.04. The zero-order valence-corrected chi connectivity index (χ0v) is 11.4. The SMILES string of the molecule is COc1cc(CNC(=O)c2ccccc2OC)ccn1. The van der Waals surface area contributed by atoms with Crippen LogP contribution in [0.2, 0.25) is 0 Å². The van der Waals surface area contributed by atoms with Gasteiger partial charge in [0.1, 0.15) is 5.75 Å². The van der Waals surface area contributed by atoms with Crippen LogP contribution in [0.1, 0.15) is 15.9 Å². The standard InChI is InChI=1S/C15H16N2O3/c1-19-13-6-4-3-5-12(13)15(18)17-10-11-7-8-16-14(9-11)20-2/h3-9H,10H2,1-2H3,(H,17,18). The maximum absolute atomic E-state index is 12.1. The molecular weight excluding hydrogens is 256 g/mol. The number of benzene rings is 1. The van der Waals surface area contributed by atoms with Crippen LogP contribution >= 0.6 is 0 Å². The number of hydrogen-bond acceptors (Lipinski definition) is 4. The van der Waals surface area contributed by atoms with Crippen LogP contribution in [-0.2, 0) is 6.54 Å². The summed E-state index contributed by atoms with van der Waals surface area (Å²) < 4.78 is 10.2. The highest BCUT2D eigenvalue weighted by Crippen LogP contribution is 2.17. The lowest BCUT2D eigenvalue weighted by Crippen LogP contribution is -2.23. The van der Waals surface area contributed by atoms with Crippen LogP contribution in [0.15, 0.2) is 42.6 Å². The van der Waals surface area contributed by atoms with E-state index in [2.05, 4.69) is 10.3 Å². The number of hydrogen-bond donors (Lipinski definition) is 1. The number of nitrogens with one attached hydrogen (secondary N) is 1. The third-order valence-electron chi connectivity index (χ3n) is 2.81. The van der Waals surface area contributed by atoms with Gasteiger partial charge in [0.25, 0.3) is 5.91 Å². The van der Waals surface area contributed by atoms with Crippen molar-refractivity contribution in [1.29, 1.82) is 0 Å². The van der Waals surface area contributed by atoms with E-state index in [-0.39, 0.29) is 5.91 Å². The van der Waals surface area contributed by atoms with Gasteiger partial charge in [-0.3, -0.25) is 4.79 Å². The highest BCUT2D eigenvalue weighted by molar-refractivity contribution is 5.96. The molecule has 0 bridgehead atoms. The number of pyridine rings is 1. The van der Waals surface area contributed by atoms with Crippen LogP contribution in [0.25, 0.3) is 0 Å². The molecule has 20 heavy (non-hydrogen) atoms. The first-order valence-corrected chi connectivity index (χ1v) is 6.14. The zero-order valence-electron chi connectivity index (χ0n) is 11.4. The molecular formula is C15H16N2O3. The van der Waals surface area contributed by atoms with Gasteiger partial charge >= 0.3 is 0 Å². The Hall–Kier alpha value is -2.56. The largest absolute Gasteiger partial charge is 0.496 e. The third-order valence-corrected chi connectivity index (χ3v) is 2.81. The lowest BCUT2D eigenvalue weighted by atomic mass is 10.2. The molecule has 2 rings (SSSR count). The summed E-state index contributed by atoms with van der Waals surface area (Å²) in [5.41, 5.74) is 1.43. The summed E-state index contributed by atoms with van der Waals surface area (Å²) in [5, 5.41) is 2.84. The van der Waals surface area contributed by atoms with Gasteiger partial charge in [-0.25, -0.2) is 4.98 Å². The summed E-state index contributed by atoms with van der Waals surface area (Å²) in [7, 11) is 3.10. The zero-order chi connectivity index (χ0) is 14.4. The summed E-state index contributed by atoms with van der Waals surface area (Å²) >= 11 is 0. The quantitative estimate of drug-likeness (QED) is 0.904. The Kier molecular flexibility index (Phi) is 4.55. The van der Waals surface area contributed by atoms with E-state index in [1.54, 1.807) is 44.7 Å². The lowest BCUT2D eigenvalue weighted by Gasteiger charge is -2.09. The van der Waals surface area contributed by atoms with Crippen molar-refractivity contribution in [3.8, 4) is 11.6 Å². The van der Waals surface area contributed by atoms with Gasteiger partial charge in [0.15, 0.2) is 0 Å². The Morgan fingerprint density at radius 3 is 2.75 bits per heavy atom. The molecule has 0 aliphatic carbocycles. The maximum atomic E-state index is 12.1. The van der Waals surface area contributed by atoms with Crippen molar-refractivity contribution >= 4 is 5.91 Å². The molecule has 1 amide bonds. The van der Waals surface area contributed by atoms with Crippen LogP contribution < -0.4 is 14.8 Å². The number of carbonyl (C=O) groups is 1. The summed E-state index contributed by atoms with van der Waals surface area (Å²) in [5.74, 6) is 0.893. The van der Waals surface area contributed by atoms with Gasteiger partial charge in [0.2, 0.25) is 5.88 Å². The second kappa shape index (κ2) is 6.56. The number of amides is 1. The molecule has 1 N–H and O–H groups in total. The smallest absolute Gasteiger partial charge is 0.255 e. The molecule has 0 radical (unpaired) electrons. The second-order valence-corrected chi connectivity index (χ2v) is 4.09. The first kappa shape index (κ1) is 13.9. The average molecular weight is 272 g/mol. The fourth-order valence-electron chi connectivity index (χ4n) is 1.78. The molecule has 5 nitrogen and oxygen atoms in total. The number of ether oxygens (including phenoxy) is 2. The van der Waals surface area contributed by atoms with E-state index >= 15 is 0 Å². The molecule has 1 aromatic heterocycles. The van der Waals surface area contributed by atoms with E-state index in [0.717, 1.165) is 5.56 Å². The number of carbonyl (C=O) groups excluding carboxylic acids is 1. The van der Waals surface area contributed by atoms with E-state index in [1.165, 1.54) is 0 Å². The number of methoxy groups -OCH3 is 2. The molecule has 0 fully saturated rings. The van der Waals surface area contributed by atoms with Crippen LogP contribution in [-0.4, -0.2) is 25.1 Å². The molecule has 104 valence electrons. The Labute approximate surface area is 117 Å². The highest BCUT2D eigenvalue weighted by atomic mass is 16.5. The minimum absolute atomic E-state index is 0.182. The topological polar surface area (TPSA) is 60.5 Å². The lowest BCUT2D eigenvalue weighted by molar-refractivity contribution is 0.0948. The predicted molar refractivity (Wildman–Crippen MR) is 75.0 cm³/mol. The molecule has 0 saturated carbocycles. The first-order valence-electron chi connectivity index (χ1n) is 6.14. The normalized spacial score (nSPS) is 9.90. The number of aromatic nitrogens is 1. The van der Waals surface area contributed by atoms with Crippen molar-refractivity contribution < 1.29 is 14.3 Å². The Morgan fingerprint density at radius 1 is 1.20 bits per heavy atom. The molecule has 0 aliphatic heterocycles.